The van der Waals surface area contributed by atoms with E-state index in [4.69, 9.17) is 11.6 Å². The molecule has 2 rings (SSSR count). The first-order chi connectivity index (χ1) is 8.58. The Balaban J connectivity index is 2.21. The minimum atomic E-state index is -0.531. The lowest BCUT2D eigenvalue weighted by Crippen LogP contribution is -2.04. The first-order valence-corrected chi connectivity index (χ1v) is 7.69. The number of hydrogen-bond acceptors (Lipinski definition) is 1. The van der Waals surface area contributed by atoms with Crippen LogP contribution >= 0.6 is 50.1 Å². The van der Waals surface area contributed by atoms with Crippen molar-refractivity contribution >= 4 is 50.1 Å². The van der Waals surface area contributed by atoms with Gasteiger partial charge >= 0.3 is 0 Å². The molecule has 4 heteroatoms. The van der Waals surface area contributed by atoms with Gasteiger partial charge in [-0.1, -0.05) is 51.8 Å². The van der Waals surface area contributed by atoms with Crippen LogP contribution in [0.1, 0.15) is 17.2 Å². The van der Waals surface area contributed by atoms with Crippen molar-refractivity contribution in [3.8, 4) is 0 Å². The number of halogens is 3. The highest BCUT2D eigenvalue weighted by molar-refractivity contribution is 14.1. The Bertz CT molecular complexity index is 559. The Labute approximate surface area is 133 Å². The largest absolute Gasteiger partial charge is 0.388 e. The molecule has 1 N–H and O–H groups in total. The van der Waals surface area contributed by atoms with Crippen LogP contribution in [0, 0.1) is 3.57 Å². The first kappa shape index (κ1) is 14.3. The highest BCUT2D eigenvalue weighted by Gasteiger charge is 2.13. The predicted octanol–water partition coefficient (Wildman–Crippen LogP) is 4.98. The fourth-order valence-corrected chi connectivity index (χ4v) is 3.25. The van der Waals surface area contributed by atoms with Crippen LogP contribution in [0.4, 0.5) is 0 Å². The summed E-state index contributed by atoms with van der Waals surface area (Å²) in [6.45, 7) is 0. The summed E-state index contributed by atoms with van der Waals surface area (Å²) in [7, 11) is 0. The van der Waals surface area contributed by atoms with Crippen molar-refractivity contribution in [1.29, 1.82) is 0 Å². The summed E-state index contributed by atoms with van der Waals surface area (Å²) < 4.78 is 2.01. The zero-order chi connectivity index (χ0) is 13.1. The molecular formula is C14H11BrClIO. The lowest BCUT2D eigenvalue weighted by molar-refractivity contribution is 0.177. The maximum atomic E-state index is 10.3. The van der Waals surface area contributed by atoms with Crippen LogP contribution < -0.4 is 0 Å². The minimum absolute atomic E-state index is 0.520. The third-order valence-corrected chi connectivity index (χ3v) is 4.52. The van der Waals surface area contributed by atoms with Crippen LogP contribution in [0.5, 0.6) is 0 Å². The molecule has 0 saturated carbocycles. The van der Waals surface area contributed by atoms with Crippen LogP contribution in [0.15, 0.2) is 46.9 Å². The summed E-state index contributed by atoms with van der Waals surface area (Å²) in [6, 6.07) is 13.5. The monoisotopic (exact) mass is 436 g/mol. The van der Waals surface area contributed by atoms with Gasteiger partial charge < -0.3 is 5.11 Å². The summed E-state index contributed by atoms with van der Waals surface area (Å²) in [6.07, 6.45) is -0.0108. The van der Waals surface area contributed by atoms with Gasteiger partial charge in [-0.3, -0.25) is 0 Å². The van der Waals surface area contributed by atoms with Crippen LogP contribution in [0.25, 0.3) is 0 Å². The van der Waals surface area contributed by atoms with E-state index in [1.165, 1.54) is 0 Å². The second-order valence-electron chi connectivity index (χ2n) is 3.98. The molecular weight excluding hydrogens is 426 g/mol. The van der Waals surface area contributed by atoms with Crippen LogP contribution in [0.3, 0.4) is 0 Å². The average molecular weight is 438 g/mol. The second kappa shape index (κ2) is 6.37. The van der Waals surface area contributed by atoms with Crippen LogP contribution in [0.2, 0.25) is 5.02 Å². The average Bonchev–Trinajstić information content (AvgIpc) is 2.33. The molecule has 0 bridgehead atoms. The zero-order valence-corrected chi connectivity index (χ0v) is 13.9. The molecule has 0 radical (unpaired) electrons. The molecule has 2 aromatic carbocycles. The smallest absolute Gasteiger partial charge is 0.0841 e. The Hall–Kier alpha value is -0.100. The van der Waals surface area contributed by atoms with Gasteiger partial charge in [0.1, 0.15) is 0 Å². The molecule has 18 heavy (non-hydrogen) atoms. The Morgan fingerprint density at radius 2 is 1.94 bits per heavy atom. The molecule has 0 aliphatic rings. The third kappa shape index (κ3) is 3.47. The van der Waals surface area contributed by atoms with Crippen molar-refractivity contribution in [3.63, 3.8) is 0 Å². The maximum Gasteiger partial charge on any atom is 0.0841 e. The molecule has 0 amide bonds. The molecule has 0 aromatic heterocycles. The van der Waals surface area contributed by atoms with Crippen molar-refractivity contribution in [2.45, 2.75) is 12.5 Å². The predicted molar refractivity (Wildman–Crippen MR) is 87.0 cm³/mol. The van der Waals surface area contributed by atoms with Gasteiger partial charge in [-0.25, -0.2) is 0 Å². The fourth-order valence-electron chi connectivity index (χ4n) is 1.75. The van der Waals surface area contributed by atoms with Crippen molar-refractivity contribution in [2.24, 2.45) is 0 Å². The number of aliphatic hydroxyl groups excluding tert-OH is 1. The van der Waals surface area contributed by atoms with Gasteiger partial charge in [0.05, 0.1) is 6.10 Å². The zero-order valence-electron chi connectivity index (χ0n) is 9.41. The van der Waals surface area contributed by atoms with E-state index in [0.717, 1.165) is 19.2 Å². The molecule has 1 atom stereocenters. The lowest BCUT2D eigenvalue weighted by Gasteiger charge is -2.14. The van der Waals surface area contributed by atoms with E-state index < -0.39 is 6.10 Å². The molecule has 0 saturated heterocycles. The summed E-state index contributed by atoms with van der Waals surface area (Å²) in [4.78, 5) is 0. The van der Waals surface area contributed by atoms with E-state index in [1.54, 1.807) is 0 Å². The normalized spacial score (nSPS) is 12.4. The SMILES string of the molecule is OC(Cc1ccc(Br)cc1Cl)c1ccccc1I. The topological polar surface area (TPSA) is 20.2 Å². The molecule has 0 fully saturated rings. The van der Waals surface area contributed by atoms with E-state index in [2.05, 4.69) is 38.5 Å². The van der Waals surface area contributed by atoms with Gasteiger partial charge in [0, 0.05) is 19.5 Å². The van der Waals surface area contributed by atoms with Crippen molar-refractivity contribution in [1.82, 2.24) is 0 Å². The quantitative estimate of drug-likeness (QED) is 0.672. The molecule has 1 unspecified atom stereocenters. The summed E-state index contributed by atoms with van der Waals surface area (Å²) >= 11 is 11.8. The van der Waals surface area contributed by atoms with E-state index >= 15 is 0 Å². The molecule has 0 aliphatic carbocycles. The van der Waals surface area contributed by atoms with E-state index in [9.17, 15) is 5.11 Å². The number of rotatable bonds is 3. The molecule has 2 aromatic rings. The van der Waals surface area contributed by atoms with E-state index in [1.807, 2.05) is 42.5 Å². The highest BCUT2D eigenvalue weighted by atomic mass is 127. The van der Waals surface area contributed by atoms with Gasteiger partial charge in [-0.2, -0.15) is 0 Å². The van der Waals surface area contributed by atoms with Crippen molar-refractivity contribution < 1.29 is 5.11 Å². The summed E-state index contributed by atoms with van der Waals surface area (Å²) in [5.41, 5.74) is 1.89. The van der Waals surface area contributed by atoms with E-state index in [-0.39, 0.29) is 0 Å². The molecule has 0 spiro atoms. The third-order valence-electron chi connectivity index (χ3n) is 2.69. The van der Waals surface area contributed by atoms with Gasteiger partial charge in [0.2, 0.25) is 0 Å². The fraction of sp³-hybridized carbons (Fsp3) is 0.143. The van der Waals surface area contributed by atoms with Crippen LogP contribution in [-0.2, 0) is 6.42 Å². The number of hydrogen-bond donors (Lipinski definition) is 1. The second-order valence-corrected chi connectivity index (χ2v) is 6.46. The van der Waals surface area contributed by atoms with Crippen molar-refractivity contribution in [3.05, 3.63) is 66.7 Å². The minimum Gasteiger partial charge on any atom is -0.388 e. The van der Waals surface area contributed by atoms with Crippen LogP contribution in [-0.4, -0.2) is 5.11 Å². The molecule has 94 valence electrons. The number of benzene rings is 2. The van der Waals surface area contributed by atoms with Crippen molar-refractivity contribution in [2.75, 3.05) is 0 Å². The molecule has 1 nitrogen and oxygen atoms in total. The first-order valence-electron chi connectivity index (χ1n) is 5.44. The molecule has 0 heterocycles. The van der Waals surface area contributed by atoms with Gasteiger partial charge in [0.15, 0.2) is 0 Å². The van der Waals surface area contributed by atoms with Gasteiger partial charge in [-0.15, -0.1) is 0 Å². The lowest BCUT2D eigenvalue weighted by atomic mass is 10.0. The maximum absolute atomic E-state index is 10.3. The number of aliphatic hydroxyl groups is 1. The summed E-state index contributed by atoms with van der Waals surface area (Å²) in [5, 5.41) is 10.9. The highest BCUT2D eigenvalue weighted by Crippen LogP contribution is 2.28. The molecule has 0 aliphatic heterocycles. The Morgan fingerprint density at radius 3 is 2.61 bits per heavy atom. The van der Waals surface area contributed by atoms with Gasteiger partial charge in [-0.05, 0) is 51.9 Å². The van der Waals surface area contributed by atoms with Gasteiger partial charge in [0.25, 0.3) is 0 Å². The Morgan fingerprint density at radius 1 is 1.22 bits per heavy atom. The summed E-state index contributed by atoms with van der Waals surface area (Å²) in [5.74, 6) is 0. The van der Waals surface area contributed by atoms with E-state index in [0.29, 0.717) is 11.4 Å². The standard InChI is InChI=1S/C14H11BrClIO/c15-10-6-5-9(12(16)8-10)7-14(18)11-3-1-2-4-13(11)17/h1-6,8,14,18H,7H2. The Kier molecular flexibility index (Phi) is 5.06.